The number of rotatable bonds is 5. The summed E-state index contributed by atoms with van der Waals surface area (Å²) in [7, 11) is 0. The summed E-state index contributed by atoms with van der Waals surface area (Å²) in [4.78, 5) is 22.3. The van der Waals surface area contributed by atoms with Gasteiger partial charge in [-0.05, 0) is 19.3 Å². The van der Waals surface area contributed by atoms with Crippen LogP contribution >= 0.6 is 0 Å². The van der Waals surface area contributed by atoms with Crippen molar-refractivity contribution in [2.24, 2.45) is 11.7 Å². The van der Waals surface area contributed by atoms with Gasteiger partial charge in [0.25, 0.3) is 0 Å². The number of carboxylic acids is 1. The van der Waals surface area contributed by atoms with Gasteiger partial charge in [0.15, 0.2) is 0 Å². The first-order valence-corrected chi connectivity index (χ1v) is 5.76. The molecular formula is C11H20N2O3. The molecule has 1 amide bonds. The van der Waals surface area contributed by atoms with Gasteiger partial charge in [-0.15, -0.1) is 0 Å². The van der Waals surface area contributed by atoms with Crippen molar-refractivity contribution in [3.63, 3.8) is 0 Å². The second-order valence-electron chi connectivity index (χ2n) is 4.65. The largest absolute Gasteiger partial charge is 0.481 e. The summed E-state index contributed by atoms with van der Waals surface area (Å²) in [6.45, 7) is 2.01. The number of carbonyl (C=O) groups excluding carboxylic acids is 1. The Balaban J connectivity index is 2.27. The summed E-state index contributed by atoms with van der Waals surface area (Å²) in [6, 6.07) is 0. The number of hydrogen-bond acceptors (Lipinski definition) is 3. The second-order valence-corrected chi connectivity index (χ2v) is 4.65. The second kappa shape index (κ2) is 5.30. The fourth-order valence-corrected chi connectivity index (χ4v) is 1.93. The van der Waals surface area contributed by atoms with Crippen molar-refractivity contribution in [2.45, 2.75) is 44.6 Å². The Morgan fingerprint density at radius 1 is 1.44 bits per heavy atom. The first kappa shape index (κ1) is 13.0. The summed E-state index contributed by atoms with van der Waals surface area (Å²) in [5.74, 6) is -1.40. The van der Waals surface area contributed by atoms with Gasteiger partial charge in [-0.3, -0.25) is 9.59 Å². The zero-order valence-corrected chi connectivity index (χ0v) is 9.66. The molecule has 0 spiro atoms. The van der Waals surface area contributed by atoms with Crippen molar-refractivity contribution < 1.29 is 14.7 Å². The van der Waals surface area contributed by atoms with Gasteiger partial charge in [0.05, 0.1) is 11.5 Å². The van der Waals surface area contributed by atoms with Gasteiger partial charge in [0.1, 0.15) is 0 Å². The molecule has 0 aromatic rings. The average molecular weight is 228 g/mol. The maximum Gasteiger partial charge on any atom is 0.306 e. The molecule has 0 aromatic heterocycles. The summed E-state index contributed by atoms with van der Waals surface area (Å²) in [5.41, 5.74) is 5.24. The van der Waals surface area contributed by atoms with E-state index in [1.807, 2.05) is 0 Å². The maximum atomic E-state index is 11.7. The fourth-order valence-electron chi connectivity index (χ4n) is 1.93. The average Bonchev–Trinajstić information content (AvgIpc) is 2.66. The first-order valence-electron chi connectivity index (χ1n) is 5.76. The molecule has 92 valence electrons. The quantitative estimate of drug-likeness (QED) is 0.638. The zero-order valence-electron chi connectivity index (χ0n) is 9.66. The highest BCUT2D eigenvalue weighted by molar-refractivity contribution is 5.86. The highest BCUT2D eigenvalue weighted by Crippen LogP contribution is 2.27. The van der Waals surface area contributed by atoms with Crippen LogP contribution in [0.2, 0.25) is 0 Å². The Morgan fingerprint density at radius 2 is 2.00 bits per heavy atom. The van der Waals surface area contributed by atoms with Crippen molar-refractivity contribution in [2.75, 3.05) is 6.54 Å². The van der Waals surface area contributed by atoms with Crippen LogP contribution in [0.5, 0.6) is 0 Å². The minimum absolute atomic E-state index is 0.136. The van der Waals surface area contributed by atoms with Crippen LogP contribution in [-0.2, 0) is 9.59 Å². The van der Waals surface area contributed by atoms with Gasteiger partial charge in [-0.1, -0.05) is 19.8 Å². The van der Waals surface area contributed by atoms with Crippen LogP contribution in [0.25, 0.3) is 0 Å². The van der Waals surface area contributed by atoms with Crippen LogP contribution in [0.15, 0.2) is 0 Å². The lowest BCUT2D eigenvalue weighted by Gasteiger charge is -2.22. The minimum Gasteiger partial charge on any atom is -0.481 e. The molecule has 0 saturated heterocycles. The van der Waals surface area contributed by atoms with Gasteiger partial charge >= 0.3 is 5.97 Å². The topological polar surface area (TPSA) is 92.4 Å². The minimum atomic E-state index is -0.836. The third kappa shape index (κ3) is 3.20. The van der Waals surface area contributed by atoms with Gasteiger partial charge in [0.2, 0.25) is 5.91 Å². The molecule has 1 atom stereocenters. The van der Waals surface area contributed by atoms with Crippen molar-refractivity contribution in [1.82, 2.24) is 5.32 Å². The lowest BCUT2D eigenvalue weighted by atomic mass is 9.98. The van der Waals surface area contributed by atoms with Crippen LogP contribution in [-0.4, -0.2) is 29.1 Å². The van der Waals surface area contributed by atoms with Gasteiger partial charge in [-0.25, -0.2) is 0 Å². The summed E-state index contributed by atoms with van der Waals surface area (Å²) in [6.07, 6.45) is 3.89. The van der Waals surface area contributed by atoms with E-state index < -0.39 is 17.4 Å². The van der Waals surface area contributed by atoms with E-state index in [0.717, 1.165) is 25.7 Å². The van der Waals surface area contributed by atoms with E-state index >= 15 is 0 Å². The number of carboxylic acid groups (broad SMARTS) is 1. The number of amides is 1. The van der Waals surface area contributed by atoms with Crippen LogP contribution in [0.3, 0.4) is 0 Å². The molecule has 5 heteroatoms. The molecule has 0 bridgehead atoms. The molecule has 1 fully saturated rings. The number of hydrogen-bond donors (Lipinski definition) is 3. The molecule has 0 aliphatic heterocycles. The van der Waals surface area contributed by atoms with Gasteiger partial charge in [0, 0.05) is 6.54 Å². The van der Waals surface area contributed by atoms with Gasteiger partial charge < -0.3 is 16.2 Å². The molecule has 1 saturated carbocycles. The van der Waals surface area contributed by atoms with Crippen LogP contribution < -0.4 is 11.1 Å². The monoisotopic (exact) mass is 228 g/mol. The molecule has 1 unspecified atom stereocenters. The third-order valence-electron chi connectivity index (χ3n) is 3.23. The Kier molecular flexibility index (Phi) is 4.29. The lowest BCUT2D eigenvalue weighted by molar-refractivity contribution is -0.141. The summed E-state index contributed by atoms with van der Waals surface area (Å²) < 4.78 is 0. The molecule has 4 N–H and O–H groups in total. The maximum absolute atomic E-state index is 11.7. The van der Waals surface area contributed by atoms with E-state index in [1.54, 1.807) is 6.92 Å². The molecule has 16 heavy (non-hydrogen) atoms. The van der Waals surface area contributed by atoms with Crippen molar-refractivity contribution >= 4 is 11.9 Å². The molecule has 1 aliphatic rings. The van der Waals surface area contributed by atoms with E-state index in [4.69, 9.17) is 10.8 Å². The van der Waals surface area contributed by atoms with E-state index in [2.05, 4.69) is 5.32 Å². The molecule has 1 rings (SSSR count). The molecule has 0 radical (unpaired) electrons. The standard InChI is InChI=1S/C11H20N2O3/c1-8(9(14)15)4-7-13-10(16)11(12)5-2-3-6-11/h8H,2-7,12H2,1H3,(H,13,16)(H,14,15). The molecule has 1 aliphatic carbocycles. The molecule has 0 heterocycles. The number of aliphatic carboxylic acids is 1. The first-order chi connectivity index (χ1) is 7.46. The predicted octanol–water partition coefficient (Wildman–Crippen LogP) is 0.485. The highest BCUT2D eigenvalue weighted by atomic mass is 16.4. The zero-order chi connectivity index (χ0) is 12.2. The van der Waals surface area contributed by atoms with E-state index in [-0.39, 0.29) is 5.91 Å². The smallest absolute Gasteiger partial charge is 0.306 e. The third-order valence-corrected chi connectivity index (χ3v) is 3.23. The van der Waals surface area contributed by atoms with E-state index in [1.165, 1.54) is 0 Å². The summed E-state index contributed by atoms with van der Waals surface area (Å²) in [5, 5.41) is 11.4. The Bertz CT molecular complexity index is 272. The number of nitrogens with one attached hydrogen (secondary N) is 1. The van der Waals surface area contributed by atoms with Crippen LogP contribution in [0.1, 0.15) is 39.0 Å². The lowest BCUT2D eigenvalue weighted by Crippen LogP contribution is -2.52. The van der Waals surface area contributed by atoms with Crippen molar-refractivity contribution in [1.29, 1.82) is 0 Å². The predicted molar refractivity (Wildman–Crippen MR) is 59.8 cm³/mol. The molecular weight excluding hydrogens is 208 g/mol. The SMILES string of the molecule is CC(CCNC(=O)C1(N)CCCC1)C(=O)O. The fraction of sp³-hybridized carbons (Fsp3) is 0.818. The Labute approximate surface area is 95.4 Å². The van der Waals surface area contributed by atoms with E-state index in [0.29, 0.717) is 13.0 Å². The Morgan fingerprint density at radius 3 is 2.50 bits per heavy atom. The normalized spacial score (nSPS) is 20.4. The molecule has 5 nitrogen and oxygen atoms in total. The number of carbonyl (C=O) groups is 2. The van der Waals surface area contributed by atoms with Gasteiger partial charge in [-0.2, -0.15) is 0 Å². The summed E-state index contributed by atoms with van der Waals surface area (Å²) >= 11 is 0. The van der Waals surface area contributed by atoms with E-state index in [9.17, 15) is 9.59 Å². The molecule has 0 aromatic carbocycles. The number of nitrogens with two attached hydrogens (primary N) is 1. The van der Waals surface area contributed by atoms with Crippen LogP contribution in [0.4, 0.5) is 0 Å². The van der Waals surface area contributed by atoms with Crippen LogP contribution in [0, 0.1) is 5.92 Å². The Hall–Kier alpha value is -1.10. The van der Waals surface area contributed by atoms with Crippen molar-refractivity contribution in [3.8, 4) is 0 Å². The highest BCUT2D eigenvalue weighted by Gasteiger charge is 2.36. The van der Waals surface area contributed by atoms with Crippen molar-refractivity contribution in [3.05, 3.63) is 0 Å².